The lowest BCUT2D eigenvalue weighted by Crippen LogP contribution is -2.11. The van der Waals surface area contributed by atoms with Gasteiger partial charge in [0.15, 0.2) is 5.78 Å². The molecule has 0 radical (unpaired) electrons. The van der Waals surface area contributed by atoms with Gasteiger partial charge in [0.05, 0.1) is 0 Å². The van der Waals surface area contributed by atoms with Crippen molar-refractivity contribution in [2.45, 2.75) is 58.3 Å². The van der Waals surface area contributed by atoms with Crippen LogP contribution in [0.5, 0.6) is 0 Å². The van der Waals surface area contributed by atoms with Gasteiger partial charge in [-0.25, -0.2) is 0 Å². The van der Waals surface area contributed by atoms with Crippen molar-refractivity contribution in [1.82, 2.24) is 0 Å². The van der Waals surface area contributed by atoms with Gasteiger partial charge in [0.1, 0.15) is 0 Å². The molecule has 0 fully saturated rings. The third-order valence-electron chi connectivity index (χ3n) is 3.85. The Bertz CT molecular complexity index is 471. The second-order valence-electron chi connectivity index (χ2n) is 6.54. The number of rotatable bonds is 3. The van der Waals surface area contributed by atoms with E-state index in [1.165, 1.54) is 24.0 Å². The molecule has 0 saturated heterocycles. The van der Waals surface area contributed by atoms with Gasteiger partial charge in [-0.3, -0.25) is 4.79 Å². The molecule has 0 atom stereocenters. The van der Waals surface area contributed by atoms with Crippen LogP contribution >= 0.6 is 0 Å². The van der Waals surface area contributed by atoms with Crippen molar-refractivity contribution in [2.75, 3.05) is 0 Å². The lowest BCUT2D eigenvalue weighted by Gasteiger charge is -2.19. The number of carbonyl (C=O) groups excluding carboxylic acids is 1. The van der Waals surface area contributed by atoms with Gasteiger partial charge in [-0.15, -0.1) is 0 Å². The number of hydrogen-bond acceptors (Lipinski definition) is 1. The average Bonchev–Trinajstić information content (AvgIpc) is 2.39. The van der Waals surface area contributed by atoms with Gasteiger partial charge in [-0.1, -0.05) is 56.7 Å². The van der Waals surface area contributed by atoms with Gasteiger partial charge < -0.3 is 0 Å². The zero-order valence-corrected chi connectivity index (χ0v) is 12.3. The Kier molecular flexibility index (Phi) is 4.24. The molecule has 0 aromatic heterocycles. The zero-order valence-electron chi connectivity index (χ0n) is 12.3. The summed E-state index contributed by atoms with van der Waals surface area (Å²) in [6, 6.07) is 8.13. The quantitative estimate of drug-likeness (QED) is 0.546. The first-order chi connectivity index (χ1) is 8.97. The maximum absolute atomic E-state index is 12.2. The Balaban J connectivity index is 2.05. The molecule has 1 aliphatic carbocycles. The molecule has 0 N–H and O–H groups in total. The fourth-order valence-electron chi connectivity index (χ4n) is 2.53. The summed E-state index contributed by atoms with van der Waals surface area (Å²) < 4.78 is 0. The van der Waals surface area contributed by atoms with Crippen molar-refractivity contribution in [2.24, 2.45) is 0 Å². The van der Waals surface area contributed by atoms with Gasteiger partial charge in [0, 0.05) is 12.0 Å². The first kappa shape index (κ1) is 14.0. The highest BCUT2D eigenvalue weighted by molar-refractivity contribution is 5.97. The molecule has 1 aromatic rings. The van der Waals surface area contributed by atoms with Gasteiger partial charge in [-0.05, 0) is 36.7 Å². The number of benzene rings is 1. The second-order valence-corrected chi connectivity index (χ2v) is 6.54. The van der Waals surface area contributed by atoms with Crippen LogP contribution in [0.25, 0.3) is 0 Å². The SMILES string of the molecule is CC(C)(C)c1ccc(C(=O)CC2=CCCCC2)cc1. The van der Waals surface area contributed by atoms with Crippen LogP contribution in [-0.2, 0) is 5.41 Å². The lowest BCUT2D eigenvalue weighted by molar-refractivity contribution is 0.0991. The number of ketones is 1. The summed E-state index contributed by atoms with van der Waals surface area (Å²) in [5, 5.41) is 0. The van der Waals surface area contributed by atoms with Crippen LogP contribution in [0.1, 0.15) is 68.8 Å². The average molecular weight is 256 g/mol. The summed E-state index contributed by atoms with van der Waals surface area (Å²) >= 11 is 0. The number of carbonyl (C=O) groups is 1. The Morgan fingerprint density at radius 3 is 2.32 bits per heavy atom. The Labute approximate surface area is 116 Å². The topological polar surface area (TPSA) is 17.1 Å². The number of allylic oxidation sites excluding steroid dienone is 2. The molecule has 102 valence electrons. The van der Waals surface area contributed by atoms with Crippen molar-refractivity contribution in [3.8, 4) is 0 Å². The van der Waals surface area contributed by atoms with E-state index in [1.54, 1.807) is 0 Å². The van der Waals surface area contributed by atoms with E-state index in [-0.39, 0.29) is 11.2 Å². The monoisotopic (exact) mass is 256 g/mol. The molecule has 0 bridgehead atoms. The molecule has 1 aromatic carbocycles. The summed E-state index contributed by atoms with van der Waals surface area (Å²) in [6.07, 6.45) is 7.62. The minimum absolute atomic E-state index is 0.146. The van der Waals surface area contributed by atoms with E-state index >= 15 is 0 Å². The molecular formula is C18H24O. The Hall–Kier alpha value is -1.37. The van der Waals surface area contributed by atoms with Gasteiger partial charge in [0.2, 0.25) is 0 Å². The molecule has 1 heteroatoms. The zero-order chi connectivity index (χ0) is 13.9. The second kappa shape index (κ2) is 5.73. The molecular weight excluding hydrogens is 232 g/mol. The predicted octanol–water partition coefficient (Wildman–Crippen LogP) is 5.06. The molecule has 2 rings (SSSR count). The fraction of sp³-hybridized carbons (Fsp3) is 0.500. The van der Waals surface area contributed by atoms with Crippen LogP contribution in [0, 0.1) is 0 Å². The van der Waals surface area contributed by atoms with E-state index in [1.807, 2.05) is 12.1 Å². The van der Waals surface area contributed by atoms with E-state index in [2.05, 4.69) is 39.0 Å². The molecule has 0 aliphatic heterocycles. The lowest BCUT2D eigenvalue weighted by atomic mass is 9.86. The maximum Gasteiger partial charge on any atom is 0.166 e. The third kappa shape index (κ3) is 3.79. The smallest absolute Gasteiger partial charge is 0.166 e. The largest absolute Gasteiger partial charge is 0.294 e. The Morgan fingerprint density at radius 1 is 1.11 bits per heavy atom. The van der Waals surface area contributed by atoms with Gasteiger partial charge >= 0.3 is 0 Å². The van der Waals surface area contributed by atoms with E-state index < -0.39 is 0 Å². The summed E-state index contributed by atoms with van der Waals surface area (Å²) in [5.41, 5.74) is 3.60. The summed E-state index contributed by atoms with van der Waals surface area (Å²) in [6.45, 7) is 6.57. The first-order valence-electron chi connectivity index (χ1n) is 7.28. The molecule has 1 aliphatic rings. The number of Topliss-reactive ketones (excluding diaryl/α,β-unsaturated/α-hetero) is 1. The van der Waals surface area contributed by atoms with Crippen molar-refractivity contribution in [3.63, 3.8) is 0 Å². The van der Waals surface area contributed by atoms with Crippen LogP contribution in [0.4, 0.5) is 0 Å². The molecule has 1 nitrogen and oxygen atoms in total. The number of hydrogen-bond donors (Lipinski definition) is 0. The minimum atomic E-state index is 0.146. The van der Waals surface area contributed by atoms with Crippen LogP contribution in [-0.4, -0.2) is 5.78 Å². The maximum atomic E-state index is 12.2. The van der Waals surface area contributed by atoms with Crippen LogP contribution in [0.15, 0.2) is 35.9 Å². The summed E-state index contributed by atoms with van der Waals surface area (Å²) in [4.78, 5) is 12.2. The molecule has 0 unspecified atom stereocenters. The fourth-order valence-corrected chi connectivity index (χ4v) is 2.53. The van der Waals surface area contributed by atoms with E-state index in [0.717, 1.165) is 18.4 Å². The molecule has 0 amide bonds. The van der Waals surface area contributed by atoms with Crippen molar-refractivity contribution >= 4 is 5.78 Å². The Morgan fingerprint density at radius 2 is 1.79 bits per heavy atom. The van der Waals surface area contributed by atoms with Crippen molar-refractivity contribution in [3.05, 3.63) is 47.0 Å². The highest BCUT2D eigenvalue weighted by Crippen LogP contribution is 2.24. The third-order valence-corrected chi connectivity index (χ3v) is 3.85. The van der Waals surface area contributed by atoms with Crippen LogP contribution < -0.4 is 0 Å². The molecule has 0 saturated carbocycles. The highest BCUT2D eigenvalue weighted by atomic mass is 16.1. The normalized spacial score (nSPS) is 16.1. The molecule has 0 heterocycles. The van der Waals surface area contributed by atoms with E-state index in [4.69, 9.17) is 0 Å². The van der Waals surface area contributed by atoms with E-state index in [0.29, 0.717) is 6.42 Å². The van der Waals surface area contributed by atoms with Crippen LogP contribution in [0.2, 0.25) is 0 Å². The van der Waals surface area contributed by atoms with Gasteiger partial charge in [0.25, 0.3) is 0 Å². The van der Waals surface area contributed by atoms with Gasteiger partial charge in [-0.2, -0.15) is 0 Å². The highest BCUT2D eigenvalue weighted by Gasteiger charge is 2.15. The minimum Gasteiger partial charge on any atom is -0.294 e. The molecule has 0 spiro atoms. The summed E-state index contributed by atoms with van der Waals surface area (Å²) in [7, 11) is 0. The van der Waals surface area contributed by atoms with Crippen LogP contribution in [0.3, 0.4) is 0 Å². The predicted molar refractivity (Wildman–Crippen MR) is 80.6 cm³/mol. The summed E-state index contributed by atoms with van der Waals surface area (Å²) in [5.74, 6) is 0.258. The van der Waals surface area contributed by atoms with Crippen molar-refractivity contribution < 1.29 is 4.79 Å². The first-order valence-corrected chi connectivity index (χ1v) is 7.28. The molecule has 19 heavy (non-hydrogen) atoms. The van der Waals surface area contributed by atoms with E-state index in [9.17, 15) is 4.79 Å². The van der Waals surface area contributed by atoms with Crippen molar-refractivity contribution in [1.29, 1.82) is 0 Å². The standard InChI is InChI=1S/C18H24O/c1-18(2,3)16-11-9-15(10-12-16)17(19)13-14-7-5-4-6-8-14/h7,9-12H,4-6,8,13H2,1-3H3.